The molecule has 1 aromatic heterocycles. The lowest BCUT2D eigenvalue weighted by Crippen LogP contribution is -2.59. The van der Waals surface area contributed by atoms with E-state index in [-0.39, 0.29) is 11.9 Å². The van der Waals surface area contributed by atoms with E-state index >= 15 is 0 Å². The Labute approximate surface area is 106 Å². The van der Waals surface area contributed by atoms with Crippen LogP contribution in [0.25, 0.3) is 0 Å². The van der Waals surface area contributed by atoms with E-state index < -0.39 is 29.5 Å². The monoisotopic (exact) mass is 311 g/mol. The van der Waals surface area contributed by atoms with Crippen LogP contribution in [0.5, 0.6) is 0 Å². The quantitative estimate of drug-likeness (QED) is 0.758. The highest BCUT2D eigenvalue weighted by Gasteiger charge is 2.82. The first-order chi connectivity index (χ1) is 8.75. The fourth-order valence-electron chi connectivity index (χ4n) is 1.21. The minimum Gasteiger partial charge on any atom is -0.261 e. The third-order valence-corrected chi connectivity index (χ3v) is 2.42. The molecule has 0 saturated carbocycles. The van der Waals surface area contributed by atoms with E-state index in [1.165, 1.54) is 6.92 Å². The van der Waals surface area contributed by atoms with Gasteiger partial charge in [-0.1, -0.05) is 0 Å². The third kappa shape index (κ3) is 2.31. The summed E-state index contributed by atoms with van der Waals surface area (Å²) in [5.41, 5.74) is -1.65. The number of aryl methyl sites for hydroxylation is 1. The van der Waals surface area contributed by atoms with Gasteiger partial charge in [0.25, 0.3) is 0 Å². The van der Waals surface area contributed by atoms with Crippen LogP contribution in [-0.2, 0) is 5.92 Å². The van der Waals surface area contributed by atoms with Gasteiger partial charge in [0.1, 0.15) is 0 Å². The van der Waals surface area contributed by atoms with Crippen molar-refractivity contribution < 1.29 is 39.5 Å². The molecule has 1 nitrogen and oxygen atoms in total. The van der Waals surface area contributed by atoms with Crippen LogP contribution in [0.2, 0.25) is 0 Å². The summed E-state index contributed by atoms with van der Waals surface area (Å²) < 4.78 is 113. The van der Waals surface area contributed by atoms with Gasteiger partial charge >= 0.3 is 23.9 Å². The number of rotatable bonds is 3. The van der Waals surface area contributed by atoms with Crippen LogP contribution in [0.3, 0.4) is 0 Å². The van der Waals surface area contributed by atoms with Crippen LogP contribution in [0.15, 0.2) is 18.3 Å². The van der Waals surface area contributed by atoms with E-state index in [9.17, 15) is 39.5 Å². The number of aromatic nitrogens is 1. The van der Waals surface area contributed by atoms with Crippen LogP contribution >= 0.6 is 0 Å². The maximum atomic E-state index is 13.3. The molecule has 0 bridgehead atoms. The lowest BCUT2D eigenvalue weighted by Gasteiger charge is -2.33. The zero-order valence-corrected chi connectivity index (χ0v) is 9.58. The molecule has 10 heteroatoms. The minimum atomic E-state index is -6.89. The van der Waals surface area contributed by atoms with Crippen LogP contribution in [0.1, 0.15) is 11.3 Å². The molecule has 0 N–H and O–H groups in total. The molecule has 1 aromatic rings. The Bertz CT molecular complexity index is 474. The minimum absolute atomic E-state index is 0.0930. The SMILES string of the molecule is Cc1ccc(C(F)(F)C(F)(F)C(F)(F)C(F)(F)F)cn1. The van der Waals surface area contributed by atoms with Gasteiger partial charge in [0.15, 0.2) is 0 Å². The molecule has 0 radical (unpaired) electrons. The molecule has 0 atom stereocenters. The van der Waals surface area contributed by atoms with Gasteiger partial charge in [0.05, 0.1) is 0 Å². The molecule has 0 saturated heterocycles. The smallest absolute Gasteiger partial charge is 0.261 e. The van der Waals surface area contributed by atoms with Gasteiger partial charge in [-0.15, -0.1) is 0 Å². The number of pyridine rings is 1. The molecule has 0 aliphatic rings. The van der Waals surface area contributed by atoms with Crippen molar-refractivity contribution in [1.29, 1.82) is 0 Å². The van der Waals surface area contributed by atoms with E-state index in [0.29, 0.717) is 6.07 Å². The van der Waals surface area contributed by atoms with Crippen molar-refractivity contribution in [2.75, 3.05) is 0 Å². The highest BCUT2D eigenvalue weighted by atomic mass is 19.4. The molecule has 0 spiro atoms. The summed E-state index contributed by atoms with van der Waals surface area (Å²) in [7, 11) is 0. The van der Waals surface area contributed by atoms with Crippen LogP contribution in [-0.4, -0.2) is 23.0 Å². The molecule has 0 amide bonds. The lowest BCUT2D eigenvalue weighted by atomic mass is 9.98. The van der Waals surface area contributed by atoms with Crippen molar-refractivity contribution >= 4 is 0 Å². The largest absolute Gasteiger partial charge is 0.460 e. The van der Waals surface area contributed by atoms with E-state index in [4.69, 9.17) is 0 Å². The Morgan fingerprint density at radius 3 is 1.65 bits per heavy atom. The summed E-state index contributed by atoms with van der Waals surface area (Å²) in [5, 5.41) is 0. The van der Waals surface area contributed by atoms with Crippen LogP contribution in [0.4, 0.5) is 39.5 Å². The van der Waals surface area contributed by atoms with Gasteiger partial charge in [-0.2, -0.15) is 39.5 Å². The predicted octanol–water partition coefficient (Wildman–Crippen LogP) is 4.31. The first-order valence-electron chi connectivity index (χ1n) is 4.88. The highest BCUT2D eigenvalue weighted by molar-refractivity contribution is 5.23. The summed E-state index contributed by atoms with van der Waals surface area (Å²) in [6.07, 6.45) is -6.70. The predicted molar refractivity (Wildman–Crippen MR) is 48.8 cm³/mol. The molecule has 0 unspecified atom stereocenters. The van der Waals surface area contributed by atoms with Gasteiger partial charge in [-0.05, 0) is 19.1 Å². The van der Waals surface area contributed by atoms with E-state index in [0.717, 1.165) is 6.07 Å². The molecule has 1 rings (SSSR count). The molecular weight excluding hydrogens is 305 g/mol. The maximum Gasteiger partial charge on any atom is 0.460 e. The Hall–Kier alpha value is -1.48. The first-order valence-corrected chi connectivity index (χ1v) is 4.88. The van der Waals surface area contributed by atoms with Crippen LogP contribution < -0.4 is 0 Å². The molecule has 20 heavy (non-hydrogen) atoms. The van der Waals surface area contributed by atoms with Crippen LogP contribution in [0, 0.1) is 6.92 Å². The van der Waals surface area contributed by atoms with Crippen molar-refractivity contribution in [3.05, 3.63) is 29.6 Å². The number of hydrogen-bond acceptors (Lipinski definition) is 1. The second kappa shape index (κ2) is 4.52. The Kier molecular flexibility index (Phi) is 3.75. The molecule has 114 valence electrons. The van der Waals surface area contributed by atoms with E-state index in [2.05, 4.69) is 4.98 Å². The molecule has 0 aliphatic heterocycles. The van der Waals surface area contributed by atoms with Gasteiger partial charge in [0, 0.05) is 17.5 Å². The highest BCUT2D eigenvalue weighted by Crippen LogP contribution is 2.56. The molecule has 0 fully saturated rings. The van der Waals surface area contributed by atoms with Gasteiger partial charge in [0.2, 0.25) is 0 Å². The number of alkyl halides is 9. The molecule has 0 aliphatic carbocycles. The fourth-order valence-corrected chi connectivity index (χ4v) is 1.21. The standard InChI is InChI=1S/C10H6F9N/c1-5-2-3-6(4-20-5)7(11,12)8(13,14)9(15,16)10(17,18)19/h2-4H,1H3. The van der Waals surface area contributed by atoms with Crippen molar-refractivity contribution in [1.82, 2.24) is 4.98 Å². The normalized spacial score (nSPS) is 14.5. The molecule has 1 heterocycles. The zero-order chi connectivity index (χ0) is 16.0. The Morgan fingerprint density at radius 2 is 1.30 bits per heavy atom. The summed E-state index contributed by atoms with van der Waals surface area (Å²) >= 11 is 0. The summed E-state index contributed by atoms with van der Waals surface area (Å²) in [6, 6.07) is 1.09. The number of nitrogens with zero attached hydrogens (tertiary/aromatic N) is 1. The lowest BCUT2D eigenvalue weighted by molar-refractivity contribution is -0.399. The fraction of sp³-hybridized carbons (Fsp3) is 0.500. The number of halogens is 9. The van der Waals surface area contributed by atoms with E-state index in [1.54, 1.807) is 0 Å². The second-order valence-corrected chi connectivity index (χ2v) is 3.91. The number of hydrogen-bond donors (Lipinski definition) is 0. The molecular formula is C10H6F9N. The van der Waals surface area contributed by atoms with Gasteiger partial charge in [-0.25, -0.2) is 0 Å². The van der Waals surface area contributed by atoms with Crippen molar-refractivity contribution in [2.24, 2.45) is 0 Å². The Morgan fingerprint density at radius 1 is 0.800 bits per heavy atom. The average Bonchev–Trinajstić information content (AvgIpc) is 2.27. The molecule has 0 aromatic carbocycles. The zero-order valence-electron chi connectivity index (χ0n) is 9.58. The van der Waals surface area contributed by atoms with Gasteiger partial charge in [-0.3, -0.25) is 4.98 Å². The summed E-state index contributed by atoms with van der Waals surface area (Å²) in [6.45, 7) is 1.28. The second-order valence-electron chi connectivity index (χ2n) is 3.91. The summed E-state index contributed by atoms with van der Waals surface area (Å²) in [5.74, 6) is -19.3. The van der Waals surface area contributed by atoms with Gasteiger partial charge < -0.3 is 0 Å². The van der Waals surface area contributed by atoms with Crippen molar-refractivity contribution in [2.45, 2.75) is 30.9 Å². The summed E-state index contributed by atoms with van der Waals surface area (Å²) in [4.78, 5) is 3.16. The Balaban J connectivity index is 3.35. The third-order valence-electron chi connectivity index (χ3n) is 2.42. The topological polar surface area (TPSA) is 12.9 Å². The average molecular weight is 311 g/mol. The van der Waals surface area contributed by atoms with Crippen molar-refractivity contribution in [3.8, 4) is 0 Å². The van der Waals surface area contributed by atoms with E-state index in [1.807, 2.05) is 0 Å². The maximum absolute atomic E-state index is 13.3. The van der Waals surface area contributed by atoms with Crippen molar-refractivity contribution in [3.63, 3.8) is 0 Å². The first kappa shape index (κ1) is 16.6.